The Balaban J connectivity index is 2.13. The summed E-state index contributed by atoms with van der Waals surface area (Å²) in [6.07, 6.45) is 0. The summed E-state index contributed by atoms with van der Waals surface area (Å²) in [5, 5.41) is 5.37. The molecule has 0 bridgehead atoms. The van der Waals surface area contributed by atoms with Gasteiger partial charge in [-0.25, -0.2) is 0 Å². The van der Waals surface area contributed by atoms with Gasteiger partial charge in [0.15, 0.2) is 0 Å². The van der Waals surface area contributed by atoms with Crippen LogP contribution in [0.4, 0.5) is 22.7 Å². The first-order valence-corrected chi connectivity index (χ1v) is 17.8. The number of halogens is 1. The molecule has 0 fully saturated rings. The molecule has 200 valence electrons. The number of benzene rings is 4. The molecule has 0 aliphatic rings. The van der Waals surface area contributed by atoms with Gasteiger partial charge in [0, 0.05) is 0 Å². The summed E-state index contributed by atoms with van der Waals surface area (Å²) >= 11 is 2.86. The molecule has 6 heteroatoms. The molecule has 0 aromatic heterocycles. The zero-order valence-electron chi connectivity index (χ0n) is 23.9. The quantitative estimate of drug-likeness (QED) is 0.188. The Morgan fingerprint density at radius 2 is 0.500 bits per heavy atom. The van der Waals surface area contributed by atoms with Crippen LogP contribution in [0.5, 0.6) is 0 Å². The van der Waals surface area contributed by atoms with Gasteiger partial charge in [0.1, 0.15) is 0 Å². The first-order valence-electron chi connectivity index (χ1n) is 12.8. The van der Waals surface area contributed by atoms with Crippen molar-refractivity contribution in [1.29, 1.82) is 0 Å². The normalized spacial score (nSPS) is 12.4. The van der Waals surface area contributed by atoms with E-state index in [4.69, 9.17) is 0 Å². The molecule has 4 aromatic rings. The SMILES string of the molecule is CN(C)c1ccc(P(I)(c2ccc(N(C)C)cc2)(c2ccc(N(C)C)cc2)c2ccc(N(C)C)cc2)cc1. The second kappa shape index (κ2) is 10.8. The molecule has 4 rings (SSSR count). The van der Waals surface area contributed by atoms with Gasteiger partial charge in [0.25, 0.3) is 0 Å². The van der Waals surface area contributed by atoms with Crippen molar-refractivity contribution in [3.8, 4) is 0 Å². The van der Waals surface area contributed by atoms with E-state index >= 15 is 0 Å². The van der Waals surface area contributed by atoms with Gasteiger partial charge in [-0.15, -0.1) is 0 Å². The molecular weight excluding hydrogens is 598 g/mol. The van der Waals surface area contributed by atoms with Crippen molar-refractivity contribution < 1.29 is 0 Å². The Labute approximate surface area is 242 Å². The molecule has 0 radical (unpaired) electrons. The van der Waals surface area contributed by atoms with Crippen LogP contribution in [0.3, 0.4) is 0 Å². The van der Waals surface area contributed by atoms with Crippen LogP contribution in [0, 0.1) is 0 Å². The topological polar surface area (TPSA) is 13.0 Å². The van der Waals surface area contributed by atoms with Crippen molar-refractivity contribution in [3.05, 3.63) is 97.1 Å². The third-order valence-electron chi connectivity index (χ3n) is 7.40. The van der Waals surface area contributed by atoms with Crippen LogP contribution in [-0.2, 0) is 0 Å². The summed E-state index contributed by atoms with van der Waals surface area (Å²) in [6, 6.07) is 36.8. The van der Waals surface area contributed by atoms with E-state index in [1.54, 1.807) is 0 Å². The predicted octanol–water partition coefficient (Wildman–Crippen LogP) is 5.46. The van der Waals surface area contributed by atoms with Crippen LogP contribution >= 0.6 is 26.3 Å². The molecule has 38 heavy (non-hydrogen) atoms. The van der Waals surface area contributed by atoms with E-state index < -0.39 is 4.25 Å². The fourth-order valence-electron chi connectivity index (χ4n) is 5.02. The average Bonchev–Trinajstić information content (AvgIpc) is 2.93. The molecule has 0 spiro atoms. The van der Waals surface area contributed by atoms with Gasteiger partial charge in [0.2, 0.25) is 0 Å². The first-order chi connectivity index (χ1) is 18.0. The van der Waals surface area contributed by atoms with E-state index in [1.807, 2.05) is 0 Å². The van der Waals surface area contributed by atoms with Gasteiger partial charge in [-0.3, -0.25) is 0 Å². The summed E-state index contributed by atoms with van der Waals surface area (Å²) in [4.78, 5) is 8.65. The molecule has 0 N–H and O–H groups in total. The summed E-state index contributed by atoms with van der Waals surface area (Å²) < 4.78 is -3.16. The molecular formula is C32H40IN4P. The third kappa shape index (κ3) is 4.76. The van der Waals surface area contributed by atoms with Crippen LogP contribution in [-0.4, -0.2) is 56.4 Å². The molecule has 4 nitrogen and oxygen atoms in total. The van der Waals surface area contributed by atoms with Crippen LogP contribution < -0.4 is 40.8 Å². The van der Waals surface area contributed by atoms with E-state index in [9.17, 15) is 0 Å². The van der Waals surface area contributed by atoms with Gasteiger partial charge in [-0.1, -0.05) is 0 Å². The average molecular weight is 639 g/mol. The molecule has 0 saturated carbocycles. The molecule has 0 atom stereocenters. The number of hydrogen-bond acceptors (Lipinski definition) is 4. The van der Waals surface area contributed by atoms with Crippen molar-refractivity contribution >= 4 is 70.3 Å². The number of nitrogens with zero attached hydrogens (tertiary/aromatic N) is 4. The van der Waals surface area contributed by atoms with Gasteiger partial charge in [-0.05, 0) is 0 Å². The Kier molecular flexibility index (Phi) is 8.02. The molecule has 0 aliphatic heterocycles. The summed E-state index contributed by atoms with van der Waals surface area (Å²) in [7, 11) is 16.8. The van der Waals surface area contributed by atoms with Gasteiger partial charge in [-0.2, -0.15) is 0 Å². The number of anilines is 4. The predicted molar refractivity (Wildman–Crippen MR) is 183 cm³/mol. The first kappa shape index (κ1) is 28.3. The summed E-state index contributed by atoms with van der Waals surface area (Å²) in [5.41, 5.74) is 4.79. The standard InChI is InChI=1S/C32H40IN4P/c1-34(2)25-9-17-29(18-10-25)38(33,30-19-11-26(12-20-30)35(3)4,31-21-13-27(14-22-31)36(5)6)32-23-15-28(16-24-32)37(7)8/h9-24H,1-8H3. The fourth-order valence-corrected chi connectivity index (χ4v) is 13.5. The van der Waals surface area contributed by atoms with Crippen molar-refractivity contribution in [3.63, 3.8) is 0 Å². The van der Waals surface area contributed by atoms with Crippen LogP contribution in [0.15, 0.2) is 97.1 Å². The van der Waals surface area contributed by atoms with Gasteiger partial charge in [0.05, 0.1) is 0 Å². The minimum atomic E-state index is -3.16. The fraction of sp³-hybridized carbons (Fsp3) is 0.250. The zero-order valence-corrected chi connectivity index (χ0v) is 26.9. The Bertz CT molecular complexity index is 1140. The third-order valence-corrected chi connectivity index (χ3v) is 19.2. The zero-order chi connectivity index (χ0) is 27.7. The molecule has 0 aliphatic carbocycles. The van der Waals surface area contributed by atoms with Crippen LogP contribution in [0.1, 0.15) is 0 Å². The monoisotopic (exact) mass is 638 g/mol. The molecule has 0 unspecified atom stereocenters. The summed E-state index contributed by atoms with van der Waals surface area (Å²) in [5.74, 6) is 0. The summed E-state index contributed by atoms with van der Waals surface area (Å²) in [6.45, 7) is 0. The van der Waals surface area contributed by atoms with Crippen molar-refractivity contribution in [1.82, 2.24) is 0 Å². The Hall–Kier alpha value is -2.76. The van der Waals surface area contributed by atoms with Crippen LogP contribution in [0.25, 0.3) is 0 Å². The number of rotatable bonds is 8. The van der Waals surface area contributed by atoms with E-state index in [2.05, 4.69) is 195 Å². The maximum atomic E-state index is 2.86. The van der Waals surface area contributed by atoms with E-state index in [0.29, 0.717) is 0 Å². The van der Waals surface area contributed by atoms with Crippen molar-refractivity contribution in [2.24, 2.45) is 0 Å². The van der Waals surface area contributed by atoms with E-state index in [-0.39, 0.29) is 0 Å². The Morgan fingerprint density at radius 3 is 0.632 bits per heavy atom. The molecule has 0 saturated heterocycles. The van der Waals surface area contributed by atoms with Crippen LogP contribution in [0.2, 0.25) is 0 Å². The minimum absolute atomic E-state index is 1.20. The van der Waals surface area contributed by atoms with Gasteiger partial charge >= 0.3 is 243 Å². The maximum absolute atomic E-state index is 3.16. The second-order valence-corrected chi connectivity index (χ2v) is 20.5. The van der Waals surface area contributed by atoms with E-state index in [1.165, 1.54) is 44.0 Å². The molecule has 4 aromatic carbocycles. The molecule has 0 amide bonds. The Morgan fingerprint density at radius 1 is 0.342 bits per heavy atom. The van der Waals surface area contributed by atoms with Gasteiger partial charge < -0.3 is 0 Å². The number of hydrogen-bond donors (Lipinski definition) is 0. The molecule has 0 heterocycles. The van der Waals surface area contributed by atoms with E-state index in [0.717, 1.165) is 0 Å². The van der Waals surface area contributed by atoms with Crippen molar-refractivity contribution in [2.75, 3.05) is 76.0 Å². The van der Waals surface area contributed by atoms with Crippen molar-refractivity contribution in [2.45, 2.75) is 0 Å². The second-order valence-electron chi connectivity index (χ2n) is 10.7.